The van der Waals surface area contributed by atoms with E-state index in [9.17, 15) is 9.59 Å². The molecule has 2 aromatic rings. The zero-order chi connectivity index (χ0) is 17.0. The zero-order valence-corrected chi connectivity index (χ0v) is 14.6. The lowest BCUT2D eigenvalue weighted by atomic mass is 10.1. The summed E-state index contributed by atoms with van der Waals surface area (Å²) in [7, 11) is 0. The van der Waals surface area contributed by atoms with Gasteiger partial charge in [0.05, 0.1) is 17.9 Å². The van der Waals surface area contributed by atoms with E-state index < -0.39 is 5.97 Å². The van der Waals surface area contributed by atoms with Gasteiger partial charge in [0.15, 0.2) is 0 Å². The van der Waals surface area contributed by atoms with E-state index in [0.29, 0.717) is 30.1 Å². The first-order valence-corrected chi connectivity index (χ1v) is 8.31. The van der Waals surface area contributed by atoms with Gasteiger partial charge in [0, 0.05) is 24.0 Å². The van der Waals surface area contributed by atoms with Crippen LogP contribution < -0.4 is 5.32 Å². The van der Waals surface area contributed by atoms with E-state index in [1.54, 1.807) is 11.6 Å². The fourth-order valence-corrected chi connectivity index (χ4v) is 3.22. The quantitative estimate of drug-likeness (QED) is 0.823. The van der Waals surface area contributed by atoms with Crippen LogP contribution in [0, 0.1) is 20.8 Å². The van der Waals surface area contributed by atoms with Crippen molar-refractivity contribution in [1.29, 1.82) is 0 Å². The molecule has 2 rings (SSSR count). The van der Waals surface area contributed by atoms with Crippen molar-refractivity contribution >= 4 is 28.2 Å². The minimum atomic E-state index is -0.396. The van der Waals surface area contributed by atoms with E-state index in [4.69, 9.17) is 4.74 Å². The summed E-state index contributed by atoms with van der Waals surface area (Å²) in [5.74, 6) is -0.544. The first-order chi connectivity index (χ1) is 10.9. The Kier molecular flexibility index (Phi) is 5.54. The van der Waals surface area contributed by atoms with Crippen molar-refractivity contribution in [2.75, 3.05) is 11.9 Å². The second-order valence-electron chi connectivity index (χ2n) is 5.23. The molecule has 2 heterocycles. The number of aromatic nitrogens is 2. The predicted molar refractivity (Wildman–Crippen MR) is 90.0 cm³/mol. The number of ether oxygens (including phenoxy) is 1. The molecule has 0 bridgehead atoms. The molecule has 124 valence electrons. The van der Waals surface area contributed by atoms with Crippen LogP contribution in [0.25, 0.3) is 0 Å². The van der Waals surface area contributed by atoms with E-state index in [1.807, 2.05) is 33.0 Å². The average Bonchev–Trinajstić information content (AvgIpc) is 3.01. The Morgan fingerprint density at radius 2 is 2.09 bits per heavy atom. The summed E-state index contributed by atoms with van der Waals surface area (Å²) >= 11 is 1.39. The number of rotatable bonds is 6. The summed E-state index contributed by atoms with van der Waals surface area (Å²) < 4.78 is 6.81. The first kappa shape index (κ1) is 17.2. The summed E-state index contributed by atoms with van der Waals surface area (Å²) in [6.07, 6.45) is 2.13. The van der Waals surface area contributed by atoms with Crippen LogP contribution in [0.3, 0.4) is 0 Å². The molecule has 0 aliphatic rings. The molecular weight excluding hydrogens is 314 g/mol. The third-order valence-electron chi connectivity index (χ3n) is 3.46. The summed E-state index contributed by atoms with van der Waals surface area (Å²) in [5.41, 5.74) is 2.23. The Labute approximate surface area is 139 Å². The highest BCUT2D eigenvalue weighted by Crippen LogP contribution is 2.33. The molecule has 23 heavy (non-hydrogen) atoms. The molecule has 0 aliphatic carbocycles. The van der Waals surface area contributed by atoms with Crippen LogP contribution in [-0.4, -0.2) is 28.3 Å². The van der Waals surface area contributed by atoms with Crippen molar-refractivity contribution in [1.82, 2.24) is 9.78 Å². The Bertz CT molecular complexity index is 718. The molecule has 2 aromatic heterocycles. The third-order valence-corrected chi connectivity index (χ3v) is 4.58. The van der Waals surface area contributed by atoms with Gasteiger partial charge in [0.2, 0.25) is 5.91 Å². The number of carbonyl (C=O) groups is 2. The number of amides is 1. The van der Waals surface area contributed by atoms with Crippen LogP contribution >= 0.6 is 11.3 Å². The monoisotopic (exact) mass is 335 g/mol. The molecule has 0 aromatic carbocycles. The van der Waals surface area contributed by atoms with Gasteiger partial charge in [-0.3, -0.25) is 9.48 Å². The van der Waals surface area contributed by atoms with Crippen LogP contribution in [0.15, 0.2) is 12.3 Å². The summed E-state index contributed by atoms with van der Waals surface area (Å²) in [4.78, 5) is 25.2. The minimum absolute atomic E-state index is 0.148. The molecular formula is C16H21N3O3S. The lowest BCUT2D eigenvalue weighted by Gasteiger charge is -2.07. The summed E-state index contributed by atoms with van der Waals surface area (Å²) in [5, 5.41) is 7.63. The second kappa shape index (κ2) is 7.41. The van der Waals surface area contributed by atoms with Gasteiger partial charge in [-0.25, -0.2) is 4.79 Å². The molecule has 7 heteroatoms. The van der Waals surface area contributed by atoms with E-state index in [2.05, 4.69) is 10.4 Å². The SMILES string of the molecule is CCOC(=O)c1c(NC(=O)CCn2ccc(C)n2)sc(C)c1C. The molecule has 0 unspecified atom stereocenters. The van der Waals surface area contributed by atoms with Crippen molar-refractivity contribution in [3.63, 3.8) is 0 Å². The molecule has 0 saturated carbocycles. The fourth-order valence-electron chi connectivity index (χ4n) is 2.16. The number of hydrogen-bond donors (Lipinski definition) is 1. The number of hydrogen-bond acceptors (Lipinski definition) is 5. The lowest BCUT2D eigenvalue weighted by molar-refractivity contribution is -0.116. The highest BCUT2D eigenvalue weighted by molar-refractivity contribution is 7.16. The Hall–Kier alpha value is -2.15. The van der Waals surface area contributed by atoms with Gasteiger partial charge < -0.3 is 10.1 Å². The smallest absolute Gasteiger partial charge is 0.341 e. The first-order valence-electron chi connectivity index (χ1n) is 7.49. The molecule has 0 aliphatic heterocycles. The third kappa shape index (κ3) is 4.19. The van der Waals surface area contributed by atoms with Gasteiger partial charge in [-0.05, 0) is 39.3 Å². The van der Waals surface area contributed by atoms with Gasteiger partial charge in [-0.15, -0.1) is 11.3 Å². The highest BCUT2D eigenvalue weighted by Gasteiger charge is 2.21. The van der Waals surface area contributed by atoms with E-state index in [1.165, 1.54) is 11.3 Å². The maximum absolute atomic E-state index is 12.1. The second-order valence-corrected chi connectivity index (χ2v) is 6.45. The maximum Gasteiger partial charge on any atom is 0.341 e. The van der Waals surface area contributed by atoms with E-state index in [0.717, 1.165) is 16.1 Å². The summed E-state index contributed by atoms with van der Waals surface area (Å²) in [6, 6.07) is 1.89. The van der Waals surface area contributed by atoms with Crippen LogP contribution in [0.5, 0.6) is 0 Å². The van der Waals surface area contributed by atoms with Crippen LogP contribution in [0.4, 0.5) is 5.00 Å². The lowest BCUT2D eigenvalue weighted by Crippen LogP contribution is -2.16. The van der Waals surface area contributed by atoms with Gasteiger partial charge in [0.25, 0.3) is 0 Å². The van der Waals surface area contributed by atoms with E-state index >= 15 is 0 Å². The molecule has 0 spiro atoms. The van der Waals surface area contributed by atoms with Crippen LogP contribution in [0.1, 0.15) is 39.8 Å². The Morgan fingerprint density at radius 3 is 2.70 bits per heavy atom. The molecule has 0 saturated heterocycles. The Morgan fingerprint density at radius 1 is 1.35 bits per heavy atom. The standard InChI is InChI=1S/C16H21N3O3S/c1-5-22-16(21)14-11(3)12(4)23-15(14)17-13(20)7-9-19-8-6-10(2)18-19/h6,8H,5,7,9H2,1-4H3,(H,17,20). The number of anilines is 1. The minimum Gasteiger partial charge on any atom is -0.462 e. The highest BCUT2D eigenvalue weighted by atomic mass is 32.1. The fraction of sp³-hybridized carbons (Fsp3) is 0.438. The van der Waals surface area contributed by atoms with E-state index in [-0.39, 0.29) is 5.91 Å². The number of esters is 1. The molecule has 1 N–H and O–H groups in total. The maximum atomic E-state index is 12.1. The van der Waals surface area contributed by atoms with Gasteiger partial charge in [-0.1, -0.05) is 0 Å². The average molecular weight is 335 g/mol. The number of nitrogens with one attached hydrogen (secondary N) is 1. The van der Waals surface area contributed by atoms with Crippen molar-refractivity contribution in [3.8, 4) is 0 Å². The number of carbonyl (C=O) groups excluding carboxylic acids is 2. The molecule has 0 atom stereocenters. The van der Waals surface area contributed by atoms with Gasteiger partial charge in [-0.2, -0.15) is 5.10 Å². The van der Waals surface area contributed by atoms with Crippen molar-refractivity contribution in [2.45, 2.75) is 40.7 Å². The summed E-state index contributed by atoms with van der Waals surface area (Å²) in [6.45, 7) is 8.25. The number of nitrogens with zero attached hydrogens (tertiary/aromatic N) is 2. The molecule has 1 amide bonds. The van der Waals surface area contributed by atoms with Crippen LogP contribution in [-0.2, 0) is 16.1 Å². The Balaban J connectivity index is 2.05. The predicted octanol–water partition coefficient (Wildman–Crippen LogP) is 3.08. The largest absolute Gasteiger partial charge is 0.462 e. The van der Waals surface area contributed by atoms with Gasteiger partial charge >= 0.3 is 5.97 Å². The number of thiophene rings is 1. The van der Waals surface area contributed by atoms with Crippen LogP contribution in [0.2, 0.25) is 0 Å². The van der Waals surface area contributed by atoms with Gasteiger partial charge in [0.1, 0.15) is 5.00 Å². The van der Waals surface area contributed by atoms with Crippen molar-refractivity contribution in [2.24, 2.45) is 0 Å². The molecule has 0 radical (unpaired) electrons. The van der Waals surface area contributed by atoms with Crippen molar-refractivity contribution < 1.29 is 14.3 Å². The molecule has 6 nitrogen and oxygen atoms in total. The molecule has 0 fully saturated rings. The zero-order valence-electron chi connectivity index (χ0n) is 13.8. The number of aryl methyl sites for hydroxylation is 3. The topological polar surface area (TPSA) is 73.2 Å². The van der Waals surface area contributed by atoms with Crippen molar-refractivity contribution in [3.05, 3.63) is 34.0 Å². The normalized spacial score (nSPS) is 10.6.